The molecule has 4 rings (SSSR count). The van der Waals surface area contributed by atoms with Crippen molar-refractivity contribution in [3.8, 4) is 0 Å². The molecule has 142 valence electrons. The van der Waals surface area contributed by atoms with Gasteiger partial charge < -0.3 is 19.7 Å². The Bertz CT molecular complexity index is 793. The minimum Gasteiger partial charge on any atom is -0.365 e. The van der Waals surface area contributed by atoms with Crippen LogP contribution < -0.4 is 5.32 Å². The lowest BCUT2D eigenvalue weighted by atomic mass is 10.0. The van der Waals surface area contributed by atoms with E-state index in [1.807, 2.05) is 12.1 Å². The lowest BCUT2D eigenvalue weighted by Gasteiger charge is -2.37. The molecule has 3 heterocycles. The minimum atomic E-state index is -0.480. The van der Waals surface area contributed by atoms with Crippen LogP contribution in [-0.4, -0.2) is 52.9 Å². The maximum Gasteiger partial charge on any atom is 0.274 e. The molecule has 0 unspecified atom stereocenters. The van der Waals surface area contributed by atoms with Crippen LogP contribution in [0.25, 0.3) is 0 Å². The highest BCUT2D eigenvalue weighted by Crippen LogP contribution is 2.31. The average Bonchev–Trinajstić information content (AvgIpc) is 3.16. The fourth-order valence-electron chi connectivity index (χ4n) is 3.52. The van der Waals surface area contributed by atoms with Gasteiger partial charge in [0.05, 0.1) is 25.6 Å². The van der Waals surface area contributed by atoms with Crippen molar-refractivity contribution in [1.82, 2.24) is 14.9 Å². The van der Waals surface area contributed by atoms with Gasteiger partial charge in [0.15, 0.2) is 5.79 Å². The molecular weight excluding hydrogens is 344 g/mol. The van der Waals surface area contributed by atoms with Crippen LogP contribution >= 0.6 is 0 Å². The van der Waals surface area contributed by atoms with E-state index in [4.69, 9.17) is 9.47 Å². The van der Waals surface area contributed by atoms with E-state index in [2.05, 4.69) is 34.3 Å². The molecule has 2 aliphatic heterocycles. The van der Waals surface area contributed by atoms with Crippen LogP contribution in [0.3, 0.4) is 0 Å². The van der Waals surface area contributed by atoms with Crippen molar-refractivity contribution in [3.63, 3.8) is 0 Å². The van der Waals surface area contributed by atoms with Gasteiger partial charge in [-0.1, -0.05) is 24.3 Å². The summed E-state index contributed by atoms with van der Waals surface area (Å²) >= 11 is 0. The van der Waals surface area contributed by atoms with Crippen LogP contribution in [0.5, 0.6) is 0 Å². The van der Waals surface area contributed by atoms with E-state index < -0.39 is 5.79 Å². The number of hydrogen-bond acceptors (Lipinski definition) is 6. The molecule has 2 saturated heterocycles. The molecule has 0 aliphatic carbocycles. The number of benzene rings is 1. The molecule has 27 heavy (non-hydrogen) atoms. The number of anilines is 1. The molecule has 1 aromatic heterocycles. The third-order valence-electron chi connectivity index (χ3n) is 5.22. The monoisotopic (exact) mass is 368 g/mol. The summed E-state index contributed by atoms with van der Waals surface area (Å²) in [5.41, 5.74) is 2.79. The normalized spacial score (nSPS) is 18.6. The van der Waals surface area contributed by atoms with Crippen LogP contribution in [-0.2, 0) is 16.0 Å². The summed E-state index contributed by atoms with van der Waals surface area (Å²) in [6, 6.07) is 8.19. The fraction of sp³-hybridized carbons (Fsp3) is 0.450. The quantitative estimate of drug-likeness (QED) is 0.893. The number of nitrogens with zero attached hydrogens (tertiary/aromatic N) is 3. The summed E-state index contributed by atoms with van der Waals surface area (Å²) in [7, 11) is 0. The van der Waals surface area contributed by atoms with E-state index in [1.165, 1.54) is 17.3 Å². The van der Waals surface area contributed by atoms with E-state index in [-0.39, 0.29) is 5.91 Å². The molecule has 1 amide bonds. The van der Waals surface area contributed by atoms with Crippen LogP contribution in [0.4, 0.5) is 5.82 Å². The van der Waals surface area contributed by atoms with Crippen molar-refractivity contribution < 1.29 is 14.3 Å². The lowest BCUT2D eigenvalue weighted by molar-refractivity contribution is -0.181. The topological polar surface area (TPSA) is 76.6 Å². The molecule has 1 aromatic carbocycles. The van der Waals surface area contributed by atoms with Gasteiger partial charge in [0.2, 0.25) is 0 Å². The third kappa shape index (κ3) is 3.94. The zero-order valence-electron chi connectivity index (χ0n) is 15.5. The number of nitrogens with one attached hydrogen (secondary N) is 1. The van der Waals surface area contributed by atoms with E-state index >= 15 is 0 Å². The van der Waals surface area contributed by atoms with E-state index in [9.17, 15) is 4.79 Å². The van der Waals surface area contributed by atoms with E-state index in [0.717, 1.165) is 0 Å². The molecule has 0 saturated carbocycles. The molecule has 0 radical (unpaired) electrons. The molecule has 0 bridgehead atoms. The van der Waals surface area contributed by atoms with Crippen molar-refractivity contribution in [3.05, 3.63) is 53.5 Å². The summed E-state index contributed by atoms with van der Waals surface area (Å²) in [5, 5.41) is 3.25. The third-order valence-corrected chi connectivity index (χ3v) is 5.22. The highest BCUT2D eigenvalue weighted by atomic mass is 16.7. The first-order valence-corrected chi connectivity index (χ1v) is 9.33. The van der Waals surface area contributed by atoms with E-state index in [0.29, 0.717) is 57.2 Å². The summed E-state index contributed by atoms with van der Waals surface area (Å²) in [6.07, 6.45) is 4.54. The Morgan fingerprint density at radius 1 is 1.15 bits per heavy atom. The zero-order valence-corrected chi connectivity index (χ0v) is 15.5. The van der Waals surface area contributed by atoms with Crippen LogP contribution in [0.15, 0.2) is 36.7 Å². The van der Waals surface area contributed by atoms with Gasteiger partial charge in [-0.2, -0.15) is 0 Å². The predicted octanol–water partition coefficient (Wildman–Crippen LogP) is 2.38. The Morgan fingerprint density at radius 2 is 1.89 bits per heavy atom. The number of ether oxygens (including phenoxy) is 2. The smallest absolute Gasteiger partial charge is 0.274 e. The highest BCUT2D eigenvalue weighted by Gasteiger charge is 2.41. The molecule has 1 N–H and O–H groups in total. The number of aryl methyl sites for hydroxylation is 1. The van der Waals surface area contributed by atoms with Gasteiger partial charge >= 0.3 is 0 Å². The Hall–Kier alpha value is -2.51. The van der Waals surface area contributed by atoms with Crippen LogP contribution in [0.1, 0.15) is 34.5 Å². The number of piperidine rings is 1. The number of carbonyl (C=O) groups is 1. The summed E-state index contributed by atoms with van der Waals surface area (Å²) in [4.78, 5) is 23.1. The highest BCUT2D eigenvalue weighted by molar-refractivity contribution is 5.92. The SMILES string of the molecule is Cc1ccccc1CNc1cnc(C(=O)N2CCC3(CC2)OCCO3)cn1. The number of rotatable bonds is 4. The van der Waals surface area contributed by atoms with Gasteiger partial charge in [-0.15, -0.1) is 0 Å². The second kappa shape index (κ2) is 7.62. The lowest BCUT2D eigenvalue weighted by Crippen LogP contribution is -2.47. The largest absolute Gasteiger partial charge is 0.365 e. The van der Waals surface area contributed by atoms with E-state index in [1.54, 1.807) is 11.1 Å². The molecule has 2 aromatic rings. The van der Waals surface area contributed by atoms with Crippen LogP contribution in [0, 0.1) is 6.92 Å². The molecular formula is C20H24N4O3. The Balaban J connectivity index is 1.33. The molecule has 2 fully saturated rings. The van der Waals surface area contributed by atoms with Crippen molar-refractivity contribution in [2.45, 2.75) is 32.1 Å². The number of likely N-dealkylation sites (tertiary alicyclic amines) is 1. The number of hydrogen-bond donors (Lipinski definition) is 1. The second-order valence-electron chi connectivity index (χ2n) is 6.97. The average molecular weight is 368 g/mol. The minimum absolute atomic E-state index is 0.0965. The molecule has 1 spiro atoms. The molecule has 7 nitrogen and oxygen atoms in total. The maximum absolute atomic E-state index is 12.7. The van der Waals surface area contributed by atoms with Gasteiger partial charge in [0.25, 0.3) is 5.91 Å². The Kier molecular flexibility index (Phi) is 5.05. The first-order valence-electron chi connectivity index (χ1n) is 9.33. The zero-order chi connectivity index (χ0) is 18.7. The fourth-order valence-corrected chi connectivity index (χ4v) is 3.52. The number of carbonyl (C=O) groups excluding carboxylic acids is 1. The Labute approximate surface area is 158 Å². The van der Waals surface area contributed by atoms with Crippen molar-refractivity contribution in [2.75, 3.05) is 31.6 Å². The predicted molar refractivity (Wildman–Crippen MR) is 100 cm³/mol. The number of aromatic nitrogens is 2. The summed E-state index contributed by atoms with van der Waals surface area (Å²) in [6.45, 7) is 5.23. The first-order chi connectivity index (χ1) is 13.2. The van der Waals surface area contributed by atoms with Crippen molar-refractivity contribution in [1.29, 1.82) is 0 Å². The second-order valence-corrected chi connectivity index (χ2v) is 6.97. The summed E-state index contributed by atoms with van der Waals surface area (Å²) in [5.74, 6) is 0.0761. The maximum atomic E-state index is 12.7. The van der Waals surface area contributed by atoms with Gasteiger partial charge in [0, 0.05) is 32.5 Å². The van der Waals surface area contributed by atoms with Crippen molar-refractivity contribution in [2.24, 2.45) is 0 Å². The standard InChI is InChI=1S/C20H24N4O3/c1-15-4-2-3-5-16(15)12-22-18-14-21-17(13-23-18)19(25)24-8-6-20(7-9-24)26-10-11-27-20/h2-5,13-14H,6-12H2,1H3,(H,22,23). The van der Waals surface area contributed by atoms with Gasteiger partial charge in [0.1, 0.15) is 11.5 Å². The Morgan fingerprint density at radius 3 is 2.56 bits per heavy atom. The summed E-state index contributed by atoms with van der Waals surface area (Å²) < 4.78 is 11.4. The molecule has 7 heteroatoms. The molecule has 0 atom stereocenters. The first kappa shape index (κ1) is 17.9. The van der Waals surface area contributed by atoms with Crippen molar-refractivity contribution >= 4 is 11.7 Å². The van der Waals surface area contributed by atoms with Gasteiger partial charge in [-0.3, -0.25) is 4.79 Å². The van der Waals surface area contributed by atoms with Gasteiger partial charge in [-0.05, 0) is 18.1 Å². The number of amides is 1. The van der Waals surface area contributed by atoms with Crippen LogP contribution in [0.2, 0.25) is 0 Å². The van der Waals surface area contributed by atoms with Gasteiger partial charge in [-0.25, -0.2) is 9.97 Å². The molecule has 2 aliphatic rings.